The van der Waals surface area contributed by atoms with E-state index in [1.54, 1.807) is 14.0 Å². The van der Waals surface area contributed by atoms with Crippen LogP contribution >= 0.6 is 11.6 Å². The number of piperidine rings is 1. The molecule has 0 N–H and O–H groups in total. The van der Waals surface area contributed by atoms with Gasteiger partial charge in [-0.2, -0.15) is 4.31 Å². The SMILES string of the molecule is CCOC(=O)c1cc(S(=O)(=O)N2CCC(C)CC2)c(Cl)n1C. The van der Waals surface area contributed by atoms with Gasteiger partial charge >= 0.3 is 5.97 Å². The molecule has 2 heterocycles. The number of ether oxygens (including phenoxy) is 1. The topological polar surface area (TPSA) is 68.6 Å². The zero-order valence-corrected chi connectivity index (χ0v) is 14.6. The Morgan fingerprint density at radius 3 is 2.55 bits per heavy atom. The molecule has 6 nitrogen and oxygen atoms in total. The molecule has 0 amide bonds. The van der Waals surface area contributed by atoms with Crippen LogP contribution < -0.4 is 0 Å². The van der Waals surface area contributed by atoms with Crippen molar-refractivity contribution < 1.29 is 17.9 Å². The molecule has 0 aromatic carbocycles. The van der Waals surface area contributed by atoms with Crippen LogP contribution in [0, 0.1) is 5.92 Å². The first-order valence-corrected chi connectivity index (χ1v) is 9.13. The molecular weight excluding hydrogens is 328 g/mol. The van der Waals surface area contributed by atoms with Gasteiger partial charge in [0.25, 0.3) is 0 Å². The molecule has 0 bridgehead atoms. The van der Waals surface area contributed by atoms with Crippen LogP contribution in [0.15, 0.2) is 11.0 Å². The summed E-state index contributed by atoms with van der Waals surface area (Å²) >= 11 is 6.14. The third-order valence-corrected chi connectivity index (χ3v) is 6.45. The standard InChI is InChI=1S/C14H21ClN2O4S/c1-4-21-14(18)11-9-12(13(15)16(11)3)22(19,20)17-7-5-10(2)6-8-17/h9-10H,4-8H2,1-3H3. The van der Waals surface area contributed by atoms with Crippen LogP contribution in [0.25, 0.3) is 0 Å². The van der Waals surface area contributed by atoms with Gasteiger partial charge in [-0.1, -0.05) is 18.5 Å². The van der Waals surface area contributed by atoms with Crippen LogP contribution in [0.4, 0.5) is 0 Å². The fourth-order valence-corrected chi connectivity index (χ4v) is 4.52. The van der Waals surface area contributed by atoms with Gasteiger partial charge in [0, 0.05) is 20.1 Å². The minimum atomic E-state index is -3.69. The van der Waals surface area contributed by atoms with Gasteiger partial charge in [-0.15, -0.1) is 0 Å². The van der Waals surface area contributed by atoms with E-state index >= 15 is 0 Å². The van der Waals surface area contributed by atoms with E-state index in [0.717, 1.165) is 12.8 Å². The second-order valence-corrected chi connectivity index (χ2v) is 7.82. The summed E-state index contributed by atoms with van der Waals surface area (Å²) in [5, 5.41) is 0.0293. The van der Waals surface area contributed by atoms with Crippen molar-refractivity contribution in [3.05, 3.63) is 16.9 Å². The molecule has 0 aliphatic carbocycles. The maximum Gasteiger partial charge on any atom is 0.355 e. The van der Waals surface area contributed by atoms with Crippen molar-refractivity contribution >= 4 is 27.6 Å². The zero-order valence-electron chi connectivity index (χ0n) is 13.0. The highest BCUT2D eigenvalue weighted by Gasteiger charge is 2.33. The molecule has 1 aliphatic rings. The highest BCUT2D eigenvalue weighted by Crippen LogP contribution is 2.30. The Labute approximate surface area is 136 Å². The van der Waals surface area contributed by atoms with Crippen LogP contribution in [-0.4, -0.2) is 43.0 Å². The van der Waals surface area contributed by atoms with E-state index in [1.165, 1.54) is 14.9 Å². The summed E-state index contributed by atoms with van der Waals surface area (Å²) in [6, 6.07) is 1.30. The number of carbonyl (C=O) groups is 1. The summed E-state index contributed by atoms with van der Waals surface area (Å²) in [4.78, 5) is 11.8. The molecule has 2 rings (SSSR count). The van der Waals surface area contributed by atoms with Crippen molar-refractivity contribution in [2.75, 3.05) is 19.7 Å². The van der Waals surface area contributed by atoms with Crippen molar-refractivity contribution in [2.45, 2.75) is 31.6 Å². The van der Waals surface area contributed by atoms with E-state index in [4.69, 9.17) is 16.3 Å². The summed E-state index contributed by atoms with van der Waals surface area (Å²) in [6.45, 7) is 4.97. The van der Waals surface area contributed by atoms with Gasteiger partial charge in [-0.25, -0.2) is 13.2 Å². The molecule has 0 spiro atoms. The van der Waals surface area contributed by atoms with Gasteiger partial charge in [-0.05, 0) is 31.7 Å². The molecule has 124 valence electrons. The van der Waals surface area contributed by atoms with Crippen molar-refractivity contribution in [3.63, 3.8) is 0 Å². The van der Waals surface area contributed by atoms with Gasteiger partial charge < -0.3 is 9.30 Å². The lowest BCUT2D eigenvalue weighted by molar-refractivity contribution is 0.0515. The van der Waals surface area contributed by atoms with E-state index in [9.17, 15) is 13.2 Å². The van der Waals surface area contributed by atoms with Crippen molar-refractivity contribution in [2.24, 2.45) is 13.0 Å². The van der Waals surface area contributed by atoms with Gasteiger partial charge in [-0.3, -0.25) is 0 Å². The van der Waals surface area contributed by atoms with E-state index in [0.29, 0.717) is 19.0 Å². The largest absolute Gasteiger partial charge is 0.461 e. The maximum atomic E-state index is 12.7. The normalized spacial score (nSPS) is 17.6. The van der Waals surface area contributed by atoms with E-state index in [-0.39, 0.29) is 22.3 Å². The second-order valence-electron chi connectivity index (χ2n) is 5.55. The van der Waals surface area contributed by atoms with Crippen molar-refractivity contribution in [1.82, 2.24) is 8.87 Å². The van der Waals surface area contributed by atoms with Crippen molar-refractivity contribution in [1.29, 1.82) is 0 Å². The number of carbonyl (C=O) groups excluding carboxylic acids is 1. The smallest absolute Gasteiger partial charge is 0.355 e. The number of hydrogen-bond acceptors (Lipinski definition) is 4. The Morgan fingerprint density at radius 2 is 2.00 bits per heavy atom. The summed E-state index contributed by atoms with van der Waals surface area (Å²) in [7, 11) is -2.15. The lowest BCUT2D eigenvalue weighted by atomic mass is 10.0. The van der Waals surface area contributed by atoms with Crippen LogP contribution in [-0.2, 0) is 21.8 Å². The number of halogens is 1. The quantitative estimate of drug-likeness (QED) is 0.783. The number of nitrogens with zero attached hydrogens (tertiary/aromatic N) is 2. The lowest BCUT2D eigenvalue weighted by Gasteiger charge is -2.29. The monoisotopic (exact) mass is 348 g/mol. The third kappa shape index (κ3) is 3.16. The Balaban J connectivity index is 2.36. The van der Waals surface area contributed by atoms with Crippen molar-refractivity contribution in [3.8, 4) is 0 Å². The fourth-order valence-electron chi connectivity index (χ4n) is 2.50. The third-order valence-electron chi connectivity index (χ3n) is 3.97. The number of rotatable bonds is 4. The molecule has 0 unspecified atom stereocenters. The molecule has 1 aromatic rings. The highest BCUT2D eigenvalue weighted by molar-refractivity contribution is 7.89. The first kappa shape index (κ1) is 17.3. The summed E-state index contributed by atoms with van der Waals surface area (Å²) in [5.74, 6) is -0.0617. The van der Waals surface area contributed by atoms with E-state index in [1.807, 2.05) is 0 Å². The van der Waals surface area contributed by atoms with Gasteiger partial charge in [0.1, 0.15) is 15.7 Å². The average molecular weight is 349 g/mol. The van der Waals surface area contributed by atoms with E-state index < -0.39 is 16.0 Å². The Morgan fingerprint density at radius 1 is 1.41 bits per heavy atom. The van der Waals surface area contributed by atoms with Crippen LogP contribution in [0.1, 0.15) is 37.2 Å². The number of sulfonamides is 1. The van der Waals surface area contributed by atoms with Gasteiger partial charge in [0.2, 0.25) is 10.0 Å². The molecule has 1 fully saturated rings. The first-order chi connectivity index (χ1) is 10.3. The minimum Gasteiger partial charge on any atom is -0.461 e. The number of hydrogen-bond donors (Lipinski definition) is 0. The van der Waals surface area contributed by atoms with Gasteiger partial charge in [0.05, 0.1) is 6.61 Å². The molecule has 0 saturated carbocycles. The van der Waals surface area contributed by atoms with Gasteiger partial charge in [0.15, 0.2) is 0 Å². The minimum absolute atomic E-state index is 0.0293. The Bertz CT molecular complexity index is 661. The number of aromatic nitrogens is 1. The van der Waals surface area contributed by atoms with Crippen LogP contribution in [0.3, 0.4) is 0 Å². The molecular formula is C14H21ClN2O4S. The predicted octanol–water partition coefficient (Wildman–Crippen LogP) is 2.28. The Hall–Kier alpha value is -1.05. The Kier molecular flexibility index (Phi) is 5.19. The fraction of sp³-hybridized carbons (Fsp3) is 0.643. The van der Waals surface area contributed by atoms with Crippen LogP contribution in [0.2, 0.25) is 5.15 Å². The molecule has 0 radical (unpaired) electrons. The lowest BCUT2D eigenvalue weighted by Crippen LogP contribution is -2.37. The average Bonchev–Trinajstić information content (AvgIpc) is 2.77. The summed E-state index contributed by atoms with van der Waals surface area (Å²) < 4.78 is 33.2. The first-order valence-electron chi connectivity index (χ1n) is 7.31. The summed E-state index contributed by atoms with van der Waals surface area (Å²) in [6.07, 6.45) is 1.66. The second kappa shape index (κ2) is 6.60. The highest BCUT2D eigenvalue weighted by atomic mass is 35.5. The number of esters is 1. The molecule has 0 atom stereocenters. The molecule has 1 aromatic heterocycles. The zero-order chi connectivity index (χ0) is 16.5. The molecule has 22 heavy (non-hydrogen) atoms. The maximum absolute atomic E-state index is 12.7. The van der Waals surface area contributed by atoms with E-state index in [2.05, 4.69) is 6.92 Å². The predicted molar refractivity (Wildman–Crippen MR) is 83.5 cm³/mol. The molecule has 1 saturated heterocycles. The van der Waals surface area contributed by atoms with Crippen LogP contribution in [0.5, 0.6) is 0 Å². The summed E-state index contributed by atoms with van der Waals surface area (Å²) in [5.41, 5.74) is 0.135. The molecule has 8 heteroatoms. The molecule has 1 aliphatic heterocycles.